The zero-order valence-corrected chi connectivity index (χ0v) is 15.4. The van der Waals surface area contributed by atoms with Crippen LogP contribution in [-0.4, -0.2) is 46.2 Å². The topological polar surface area (TPSA) is 82.1 Å². The van der Waals surface area contributed by atoms with E-state index in [1.54, 1.807) is 30.3 Å². The van der Waals surface area contributed by atoms with E-state index < -0.39 is 21.7 Å². The highest BCUT2D eigenvalue weighted by atomic mass is 35.5. The van der Waals surface area contributed by atoms with Crippen molar-refractivity contribution >= 4 is 21.4 Å². The Morgan fingerprint density at radius 3 is 2.44 bits per heavy atom. The van der Waals surface area contributed by atoms with Gasteiger partial charge in [-0.05, 0) is 24.3 Å². The van der Waals surface area contributed by atoms with Gasteiger partial charge in [0.2, 0.25) is 0 Å². The van der Waals surface area contributed by atoms with Gasteiger partial charge in [-0.15, -0.1) is 0 Å². The van der Waals surface area contributed by atoms with E-state index >= 15 is 0 Å². The Labute approximate surface area is 151 Å². The van der Waals surface area contributed by atoms with Crippen LogP contribution in [0.15, 0.2) is 47.4 Å². The fourth-order valence-electron chi connectivity index (χ4n) is 2.17. The number of methoxy groups -OCH3 is 2. The molecule has 0 fully saturated rings. The normalized spacial score (nSPS) is 12.5. The van der Waals surface area contributed by atoms with Crippen LogP contribution in [0.4, 0.5) is 0 Å². The molecule has 6 nitrogen and oxygen atoms in total. The lowest BCUT2D eigenvalue weighted by molar-refractivity contribution is 0.125. The average Bonchev–Trinajstić information content (AvgIpc) is 2.60. The summed E-state index contributed by atoms with van der Waals surface area (Å²) in [6.45, 7) is -0.213. The number of aliphatic hydroxyl groups is 1. The summed E-state index contributed by atoms with van der Waals surface area (Å²) in [6.07, 6.45) is -1.24. The van der Waals surface area contributed by atoms with E-state index in [2.05, 4.69) is 0 Å². The number of benzene rings is 2. The molecule has 0 bridgehead atoms. The second-order valence-electron chi connectivity index (χ2n) is 5.19. The highest BCUT2D eigenvalue weighted by Crippen LogP contribution is 2.29. The van der Waals surface area contributed by atoms with E-state index in [9.17, 15) is 13.5 Å². The van der Waals surface area contributed by atoms with Crippen LogP contribution in [0.2, 0.25) is 5.02 Å². The van der Waals surface area contributed by atoms with Gasteiger partial charge in [0, 0.05) is 6.07 Å². The van der Waals surface area contributed by atoms with Crippen molar-refractivity contribution in [1.29, 1.82) is 0 Å². The molecule has 2 aromatic carbocycles. The minimum atomic E-state index is -3.82. The molecule has 0 aliphatic carbocycles. The Bertz CT molecular complexity index is 822. The van der Waals surface area contributed by atoms with Gasteiger partial charge >= 0.3 is 0 Å². The summed E-state index contributed by atoms with van der Waals surface area (Å²) >= 11 is 5.95. The number of hydrogen-bond donors (Lipinski definition) is 1. The largest absolute Gasteiger partial charge is 0.497 e. The Morgan fingerprint density at radius 1 is 1.08 bits per heavy atom. The first kappa shape index (κ1) is 19.4. The maximum Gasteiger partial charge on any atom is 0.184 e. The Hall–Kier alpha value is -1.96. The van der Waals surface area contributed by atoms with E-state index in [1.807, 2.05) is 0 Å². The van der Waals surface area contributed by atoms with E-state index in [-0.39, 0.29) is 17.3 Å². The van der Waals surface area contributed by atoms with Crippen molar-refractivity contribution in [2.24, 2.45) is 0 Å². The van der Waals surface area contributed by atoms with Crippen molar-refractivity contribution in [2.75, 3.05) is 26.6 Å². The number of sulfone groups is 1. The lowest BCUT2D eigenvalue weighted by Gasteiger charge is -2.15. The Kier molecular flexibility index (Phi) is 6.52. The molecule has 0 radical (unpaired) electrons. The zero-order chi connectivity index (χ0) is 18.4. The number of para-hydroxylation sites is 1. The number of rotatable bonds is 8. The van der Waals surface area contributed by atoms with Crippen LogP contribution in [0.25, 0.3) is 0 Å². The third kappa shape index (κ3) is 5.01. The summed E-state index contributed by atoms with van der Waals surface area (Å²) in [5.74, 6) is 0.404. The van der Waals surface area contributed by atoms with Crippen molar-refractivity contribution in [3.8, 4) is 17.2 Å². The molecule has 0 aliphatic rings. The van der Waals surface area contributed by atoms with Crippen molar-refractivity contribution in [3.05, 3.63) is 47.5 Å². The van der Waals surface area contributed by atoms with E-state index in [4.69, 9.17) is 25.8 Å². The molecular weight excluding hydrogens is 368 g/mol. The molecule has 2 aromatic rings. The van der Waals surface area contributed by atoms with Gasteiger partial charge in [-0.3, -0.25) is 0 Å². The number of aliphatic hydroxyl groups excluding tert-OH is 1. The number of halogens is 1. The molecule has 0 heterocycles. The highest BCUT2D eigenvalue weighted by molar-refractivity contribution is 7.91. The Balaban J connectivity index is 2.11. The molecule has 0 aliphatic heterocycles. The number of ether oxygens (including phenoxy) is 3. The second kappa shape index (κ2) is 8.42. The fourth-order valence-corrected chi connectivity index (χ4v) is 3.89. The molecule has 0 saturated heterocycles. The molecule has 136 valence electrons. The van der Waals surface area contributed by atoms with Crippen molar-refractivity contribution in [2.45, 2.75) is 11.0 Å². The van der Waals surface area contributed by atoms with Crippen LogP contribution in [0.5, 0.6) is 17.2 Å². The summed E-state index contributed by atoms with van der Waals surface area (Å²) in [5.41, 5.74) is 0. The average molecular weight is 387 g/mol. The van der Waals surface area contributed by atoms with Crippen molar-refractivity contribution < 1.29 is 27.7 Å². The van der Waals surface area contributed by atoms with Crippen LogP contribution in [0.1, 0.15) is 0 Å². The summed E-state index contributed by atoms with van der Waals surface area (Å²) < 4.78 is 40.7. The minimum Gasteiger partial charge on any atom is -0.497 e. The van der Waals surface area contributed by atoms with Crippen LogP contribution in [0.3, 0.4) is 0 Å². The molecule has 0 aromatic heterocycles. The quantitative estimate of drug-likeness (QED) is 0.750. The second-order valence-corrected chi connectivity index (χ2v) is 7.60. The maximum atomic E-state index is 12.6. The van der Waals surface area contributed by atoms with Gasteiger partial charge in [-0.1, -0.05) is 23.7 Å². The van der Waals surface area contributed by atoms with Gasteiger partial charge in [-0.2, -0.15) is 0 Å². The van der Waals surface area contributed by atoms with Gasteiger partial charge in [0.05, 0.1) is 25.0 Å². The van der Waals surface area contributed by atoms with Gasteiger partial charge in [0.25, 0.3) is 0 Å². The van der Waals surface area contributed by atoms with E-state index in [0.717, 1.165) is 0 Å². The predicted octanol–water partition coefficient (Wildman–Crippen LogP) is 2.57. The lowest BCUT2D eigenvalue weighted by Crippen LogP contribution is -2.27. The molecule has 0 amide bonds. The van der Waals surface area contributed by atoms with Crippen LogP contribution < -0.4 is 14.2 Å². The maximum absolute atomic E-state index is 12.6. The van der Waals surface area contributed by atoms with E-state index in [1.165, 1.54) is 26.4 Å². The lowest BCUT2D eigenvalue weighted by atomic mass is 10.3. The van der Waals surface area contributed by atoms with Gasteiger partial charge in [0.15, 0.2) is 9.84 Å². The SMILES string of the molecule is COc1ccc(OC)c(S(=O)(=O)C[C@H](O)COc2ccccc2Cl)c1. The molecule has 0 saturated carbocycles. The van der Waals surface area contributed by atoms with Crippen molar-refractivity contribution in [1.82, 2.24) is 0 Å². The highest BCUT2D eigenvalue weighted by Gasteiger charge is 2.25. The van der Waals surface area contributed by atoms with Crippen LogP contribution in [-0.2, 0) is 9.84 Å². The molecule has 0 unspecified atom stereocenters. The fraction of sp³-hybridized carbons (Fsp3) is 0.294. The minimum absolute atomic E-state index is 0.0499. The molecule has 1 atom stereocenters. The van der Waals surface area contributed by atoms with Crippen LogP contribution >= 0.6 is 11.6 Å². The summed E-state index contributed by atoms with van der Waals surface area (Å²) in [5, 5.41) is 10.5. The van der Waals surface area contributed by atoms with Crippen LogP contribution in [0, 0.1) is 0 Å². The standard InChI is InChI=1S/C17H19ClO6S/c1-22-13-7-8-16(23-2)17(9-13)25(20,21)11-12(19)10-24-15-6-4-3-5-14(15)18/h3-9,12,19H,10-11H2,1-2H3/t12-/m1/s1. The smallest absolute Gasteiger partial charge is 0.184 e. The van der Waals surface area contributed by atoms with Gasteiger partial charge in [0.1, 0.15) is 34.9 Å². The zero-order valence-electron chi connectivity index (χ0n) is 13.8. The molecule has 25 heavy (non-hydrogen) atoms. The summed E-state index contributed by atoms with van der Waals surface area (Å²) in [4.78, 5) is -0.0499. The number of hydrogen-bond acceptors (Lipinski definition) is 6. The monoisotopic (exact) mass is 386 g/mol. The van der Waals surface area contributed by atoms with E-state index in [0.29, 0.717) is 16.5 Å². The van der Waals surface area contributed by atoms with Gasteiger partial charge in [-0.25, -0.2) is 8.42 Å². The summed E-state index contributed by atoms with van der Waals surface area (Å²) in [6, 6.07) is 11.2. The Morgan fingerprint density at radius 2 is 1.80 bits per heavy atom. The predicted molar refractivity (Wildman–Crippen MR) is 94.6 cm³/mol. The molecular formula is C17H19ClO6S. The third-order valence-electron chi connectivity index (χ3n) is 3.39. The third-order valence-corrected chi connectivity index (χ3v) is 5.51. The first-order chi connectivity index (χ1) is 11.9. The molecule has 0 spiro atoms. The molecule has 2 rings (SSSR count). The summed E-state index contributed by atoms with van der Waals surface area (Å²) in [7, 11) is -1.01. The van der Waals surface area contributed by atoms with Crippen molar-refractivity contribution in [3.63, 3.8) is 0 Å². The molecule has 1 N–H and O–H groups in total. The first-order valence-electron chi connectivity index (χ1n) is 7.37. The van der Waals surface area contributed by atoms with Gasteiger partial charge < -0.3 is 19.3 Å². The molecule has 8 heteroatoms. The first-order valence-corrected chi connectivity index (χ1v) is 9.40.